The predicted octanol–water partition coefficient (Wildman–Crippen LogP) is 3.91. The van der Waals surface area contributed by atoms with Crippen molar-refractivity contribution in [3.63, 3.8) is 0 Å². The molecule has 1 amide bonds. The van der Waals surface area contributed by atoms with Gasteiger partial charge in [0, 0.05) is 30.0 Å². The molecule has 0 fully saturated rings. The number of pyridine rings is 1. The minimum absolute atomic E-state index is 0.0285. The number of rotatable bonds is 5. The zero-order valence-corrected chi connectivity index (χ0v) is 18.4. The number of hydrogen-bond acceptors (Lipinski definition) is 5. The number of carbonyl (C=O) groups excluding carboxylic acids is 1. The van der Waals surface area contributed by atoms with Gasteiger partial charge in [-0.1, -0.05) is 18.2 Å². The van der Waals surface area contributed by atoms with Gasteiger partial charge in [-0.3, -0.25) is 19.5 Å². The molecule has 3 aromatic heterocycles. The van der Waals surface area contributed by atoms with Gasteiger partial charge in [0.05, 0.1) is 11.4 Å². The number of aryl methyl sites for hydroxylation is 4. The minimum Gasteiger partial charge on any atom is -0.444 e. The lowest BCUT2D eigenvalue weighted by molar-refractivity contribution is -0.116. The van der Waals surface area contributed by atoms with Crippen LogP contribution in [0.5, 0.6) is 0 Å². The number of aromatic nitrogens is 3. The Balaban J connectivity index is 1.69. The SMILES string of the molecule is Cc1oc(NC(=O)CCn2c(=O)cc(C)c3c(C)nn(-c4ccccc4)c32)c(C#N)c1C. The molecular formula is C24H23N5O3. The highest BCUT2D eigenvalue weighted by Crippen LogP contribution is 2.26. The summed E-state index contributed by atoms with van der Waals surface area (Å²) in [6, 6.07) is 13.2. The number of nitrogens with one attached hydrogen (secondary N) is 1. The summed E-state index contributed by atoms with van der Waals surface area (Å²) >= 11 is 0. The van der Waals surface area contributed by atoms with Gasteiger partial charge in [0.2, 0.25) is 11.8 Å². The Morgan fingerprint density at radius 3 is 2.59 bits per heavy atom. The van der Waals surface area contributed by atoms with Crippen LogP contribution in [0.4, 0.5) is 5.88 Å². The van der Waals surface area contributed by atoms with E-state index in [1.807, 2.05) is 44.2 Å². The maximum atomic E-state index is 12.9. The molecule has 0 aliphatic rings. The molecule has 162 valence electrons. The predicted molar refractivity (Wildman–Crippen MR) is 121 cm³/mol. The first-order valence-corrected chi connectivity index (χ1v) is 10.3. The maximum absolute atomic E-state index is 12.9. The van der Waals surface area contributed by atoms with E-state index in [0.717, 1.165) is 22.3 Å². The Labute approximate surface area is 184 Å². The molecule has 1 N–H and O–H groups in total. The molecule has 0 radical (unpaired) electrons. The fraction of sp³-hybridized carbons (Fsp3) is 0.250. The molecule has 0 aliphatic heterocycles. The molecule has 0 spiro atoms. The number of furan rings is 1. The van der Waals surface area contributed by atoms with E-state index in [-0.39, 0.29) is 30.3 Å². The Kier molecular flexibility index (Phi) is 5.41. The Bertz CT molecular complexity index is 1430. The van der Waals surface area contributed by atoms with Crippen molar-refractivity contribution in [1.82, 2.24) is 14.3 Å². The van der Waals surface area contributed by atoms with Crippen molar-refractivity contribution >= 4 is 22.8 Å². The van der Waals surface area contributed by atoms with Crippen LogP contribution in [-0.2, 0) is 11.3 Å². The number of carbonyl (C=O) groups is 1. The second-order valence-corrected chi connectivity index (χ2v) is 7.75. The Hall–Kier alpha value is -4.12. The van der Waals surface area contributed by atoms with Gasteiger partial charge in [-0.25, -0.2) is 4.68 Å². The summed E-state index contributed by atoms with van der Waals surface area (Å²) in [5, 5.41) is 17.5. The normalized spacial score (nSPS) is 11.0. The monoisotopic (exact) mass is 429 g/mol. The summed E-state index contributed by atoms with van der Waals surface area (Å²) in [6.45, 7) is 7.45. The summed E-state index contributed by atoms with van der Waals surface area (Å²) in [4.78, 5) is 25.5. The first-order chi connectivity index (χ1) is 15.3. The molecule has 4 rings (SSSR count). The molecule has 0 saturated heterocycles. The summed E-state index contributed by atoms with van der Waals surface area (Å²) < 4.78 is 8.82. The molecule has 3 heterocycles. The van der Waals surface area contributed by atoms with Crippen LogP contribution in [0.2, 0.25) is 0 Å². The van der Waals surface area contributed by atoms with Crippen molar-refractivity contribution < 1.29 is 9.21 Å². The summed E-state index contributed by atoms with van der Waals surface area (Å²) in [5.41, 5.74) is 3.92. The van der Waals surface area contributed by atoms with Crippen molar-refractivity contribution in [1.29, 1.82) is 5.26 Å². The fourth-order valence-corrected chi connectivity index (χ4v) is 3.88. The molecular weight excluding hydrogens is 406 g/mol. The largest absolute Gasteiger partial charge is 0.444 e. The average Bonchev–Trinajstić information content (AvgIpc) is 3.24. The van der Waals surface area contributed by atoms with Gasteiger partial charge in [-0.15, -0.1) is 0 Å². The van der Waals surface area contributed by atoms with Gasteiger partial charge in [-0.05, 0) is 45.4 Å². The molecule has 8 heteroatoms. The van der Waals surface area contributed by atoms with E-state index >= 15 is 0 Å². The molecule has 0 atom stereocenters. The molecule has 8 nitrogen and oxygen atoms in total. The number of para-hydroxylation sites is 1. The second kappa shape index (κ2) is 8.19. The van der Waals surface area contributed by atoms with Gasteiger partial charge in [0.15, 0.2) is 0 Å². The summed E-state index contributed by atoms with van der Waals surface area (Å²) in [6.07, 6.45) is 0.0285. The van der Waals surface area contributed by atoms with Crippen molar-refractivity contribution in [2.24, 2.45) is 0 Å². The lowest BCUT2D eigenvalue weighted by Gasteiger charge is -2.12. The molecule has 0 bridgehead atoms. The van der Waals surface area contributed by atoms with E-state index in [2.05, 4.69) is 16.5 Å². The van der Waals surface area contributed by atoms with Crippen LogP contribution >= 0.6 is 0 Å². The van der Waals surface area contributed by atoms with Gasteiger partial charge in [0.25, 0.3) is 5.56 Å². The molecule has 0 aliphatic carbocycles. The summed E-state index contributed by atoms with van der Waals surface area (Å²) in [5.74, 6) is 0.369. The highest BCUT2D eigenvalue weighted by Gasteiger charge is 2.19. The molecule has 1 aromatic carbocycles. The quantitative estimate of drug-likeness (QED) is 0.518. The molecule has 4 aromatic rings. The zero-order chi connectivity index (χ0) is 23.0. The van der Waals surface area contributed by atoms with E-state index in [1.165, 1.54) is 0 Å². The third-order valence-electron chi connectivity index (χ3n) is 5.61. The van der Waals surface area contributed by atoms with E-state index in [9.17, 15) is 14.9 Å². The third-order valence-corrected chi connectivity index (χ3v) is 5.61. The zero-order valence-electron chi connectivity index (χ0n) is 18.4. The summed E-state index contributed by atoms with van der Waals surface area (Å²) in [7, 11) is 0. The van der Waals surface area contributed by atoms with Crippen molar-refractivity contribution in [2.75, 3.05) is 5.32 Å². The highest BCUT2D eigenvalue weighted by atomic mass is 16.4. The molecule has 0 saturated carbocycles. The smallest absolute Gasteiger partial charge is 0.252 e. The molecule has 0 unspecified atom stereocenters. The van der Waals surface area contributed by atoms with Crippen molar-refractivity contribution in [3.8, 4) is 11.8 Å². The topological polar surface area (TPSA) is 106 Å². The van der Waals surface area contributed by atoms with Crippen LogP contribution in [0.1, 0.15) is 34.6 Å². The van der Waals surface area contributed by atoms with Crippen LogP contribution in [0, 0.1) is 39.0 Å². The van der Waals surface area contributed by atoms with E-state index in [1.54, 1.807) is 29.2 Å². The standard InChI is InChI=1S/C24H23N5O3/c1-14-12-21(31)28(11-10-20(30)26-23-19(13-25)15(2)17(4)32-23)24-22(14)16(3)27-29(24)18-8-6-5-7-9-18/h5-9,12H,10-11H2,1-4H3,(H,26,30). The number of amides is 1. The Morgan fingerprint density at radius 2 is 1.91 bits per heavy atom. The average molecular weight is 429 g/mol. The van der Waals surface area contributed by atoms with Crippen LogP contribution in [-0.4, -0.2) is 20.3 Å². The van der Waals surface area contributed by atoms with Crippen LogP contribution in [0.15, 0.2) is 45.6 Å². The van der Waals surface area contributed by atoms with Gasteiger partial charge in [-0.2, -0.15) is 10.4 Å². The van der Waals surface area contributed by atoms with E-state index < -0.39 is 0 Å². The van der Waals surface area contributed by atoms with Crippen LogP contribution in [0.25, 0.3) is 16.7 Å². The van der Waals surface area contributed by atoms with Crippen molar-refractivity contribution in [2.45, 2.75) is 40.7 Å². The number of nitrogens with zero attached hydrogens (tertiary/aromatic N) is 4. The maximum Gasteiger partial charge on any atom is 0.252 e. The molecule has 32 heavy (non-hydrogen) atoms. The van der Waals surface area contributed by atoms with E-state index in [4.69, 9.17) is 4.42 Å². The van der Waals surface area contributed by atoms with Gasteiger partial charge >= 0.3 is 0 Å². The lowest BCUT2D eigenvalue weighted by Crippen LogP contribution is -2.25. The number of fused-ring (bicyclic) bond motifs is 1. The van der Waals surface area contributed by atoms with Gasteiger partial charge in [0.1, 0.15) is 23.0 Å². The van der Waals surface area contributed by atoms with Gasteiger partial charge < -0.3 is 4.42 Å². The Morgan fingerprint density at radius 1 is 1.19 bits per heavy atom. The van der Waals surface area contributed by atoms with Crippen molar-refractivity contribution in [3.05, 3.63) is 74.9 Å². The fourth-order valence-electron chi connectivity index (χ4n) is 3.88. The lowest BCUT2D eigenvalue weighted by atomic mass is 10.1. The minimum atomic E-state index is -0.349. The highest BCUT2D eigenvalue weighted by molar-refractivity contribution is 5.91. The number of nitriles is 1. The number of benzene rings is 1. The van der Waals surface area contributed by atoms with Crippen LogP contribution < -0.4 is 10.9 Å². The third kappa shape index (κ3) is 3.58. The number of hydrogen-bond donors (Lipinski definition) is 1. The number of anilines is 1. The van der Waals surface area contributed by atoms with E-state index in [0.29, 0.717) is 22.5 Å². The van der Waals surface area contributed by atoms with Crippen LogP contribution in [0.3, 0.4) is 0 Å². The first-order valence-electron chi connectivity index (χ1n) is 10.3. The first kappa shape index (κ1) is 21.1. The second-order valence-electron chi connectivity index (χ2n) is 7.75.